The molecule has 0 heterocycles. The van der Waals surface area contributed by atoms with Gasteiger partial charge in [0.2, 0.25) is 0 Å². The zero-order chi connectivity index (χ0) is 16.8. The first-order valence-corrected chi connectivity index (χ1v) is 12.5. The van der Waals surface area contributed by atoms with Gasteiger partial charge in [0, 0.05) is 0 Å². The van der Waals surface area contributed by atoms with Crippen molar-refractivity contribution in [3.8, 4) is 11.1 Å². The minimum absolute atomic E-state index is 0. The number of benzene rings is 2. The van der Waals surface area contributed by atoms with Crippen molar-refractivity contribution in [1.29, 1.82) is 0 Å². The van der Waals surface area contributed by atoms with Gasteiger partial charge in [-0.1, -0.05) is 0 Å². The molecule has 0 aliphatic heterocycles. The van der Waals surface area contributed by atoms with Crippen LogP contribution in [0, 0.1) is 13.8 Å². The molecule has 0 N–H and O–H groups in total. The van der Waals surface area contributed by atoms with Crippen LogP contribution in [0.4, 0.5) is 0 Å². The van der Waals surface area contributed by atoms with Gasteiger partial charge in [0.1, 0.15) is 0 Å². The van der Waals surface area contributed by atoms with E-state index in [2.05, 4.69) is 76.3 Å². The van der Waals surface area contributed by atoms with Crippen molar-refractivity contribution in [2.24, 2.45) is 0 Å². The van der Waals surface area contributed by atoms with Crippen molar-refractivity contribution in [3.63, 3.8) is 0 Å². The molecule has 0 amide bonds. The Morgan fingerprint density at radius 3 is 2.31 bits per heavy atom. The number of fused-ring (bicyclic) bond motifs is 3. The number of hydrogen-bond donors (Lipinski definition) is 0. The van der Waals surface area contributed by atoms with Crippen LogP contribution in [-0.2, 0) is 27.7 Å². The molecule has 0 atom stereocenters. The van der Waals surface area contributed by atoms with Crippen LogP contribution in [0.25, 0.3) is 11.1 Å². The van der Waals surface area contributed by atoms with E-state index in [1.165, 1.54) is 34.2 Å². The summed E-state index contributed by atoms with van der Waals surface area (Å²) in [5, 5.41) is 0. The Kier molecular flexibility index (Phi) is 7.05. The quantitative estimate of drug-likeness (QED) is 0.435. The van der Waals surface area contributed by atoms with Gasteiger partial charge in [-0.25, -0.2) is 0 Å². The zero-order valence-electron chi connectivity index (χ0n) is 15.8. The first-order valence-electron chi connectivity index (χ1n) is 8.82. The van der Waals surface area contributed by atoms with E-state index >= 15 is 0 Å². The second kappa shape index (κ2) is 8.51. The summed E-state index contributed by atoms with van der Waals surface area (Å²) in [6, 6.07) is 11.9. The Morgan fingerprint density at radius 2 is 1.65 bits per heavy atom. The largest absolute Gasteiger partial charge is 0.147 e. The number of halogens is 2. The van der Waals surface area contributed by atoms with Crippen LogP contribution in [0.15, 0.2) is 51.8 Å². The predicted molar refractivity (Wildman–Crippen MR) is 116 cm³/mol. The molecule has 2 aliphatic rings. The molecule has 0 saturated carbocycles. The summed E-state index contributed by atoms with van der Waals surface area (Å²) in [6.07, 6.45) is 9.29. The van der Waals surface area contributed by atoms with Crippen LogP contribution in [-0.4, -0.2) is 3.21 Å². The van der Waals surface area contributed by atoms with Crippen molar-refractivity contribution in [2.45, 2.75) is 40.5 Å². The Balaban J connectivity index is 0.00000121. The standard InChI is InChI=1S/C15H13.C5H5.C3H6.2ClH.Zr/c1-10-3-5-12-9-13-6-4-11(2)8-15(13)14(12)7-10;1-2-4-5-3-1;1-3-2;;;/h3-5,7-8H,9H2,1-2H3;1-3H,4H2;1-2H3;2*1H;. The van der Waals surface area contributed by atoms with Gasteiger partial charge in [-0.2, -0.15) is 0 Å². The van der Waals surface area contributed by atoms with E-state index in [0.29, 0.717) is 0 Å². The molecule has 2 aromatic rings. The summed E-state index contributed by atoms with van der Waals surface area (Å²) in [6.45, 7) is 9.21. The van der Waals surface area contributed by atoms with Gasteiger partial charge in [0.05, 0.1) is 0 Å². The second-order valence-corrected chi connectivity index (χ2v) is 14.6. The van der Waals surface area contributed by atoms with E-state index in [1.807, 2.05) is 0 Å². The van der Waals surface area contributed by atoms with Gasteiger partial charge < -0.3 is 0 Å². The number of hydrogen-bond acceptors (Lipinski definition) is 0. The summed E-state index contributed by atoms with van der Waals surface area (Å²) in [5.74, 6) is 0. The maximum Gasteiger partial charge on any atom is -0.147 e. The van der Waals surface area contributed by atoms with Crippen molar-refractivity contribution >= 4 is 31.3 Å². The Bertz CT molecular complexity index is 945. The molecule has 0 radical (unpaired) electrons. The van der Waals surface area contributed by atoms with Crippen molar-refractivity contribution in [2.75, 3.05) is 0 Å². The summed E-state index contributed by atoms with van der Waals surface area (Å²) in [7, 11) is 0. The molecule has 0 nitrogen and oxygen atoms in total. The van der Waals surface area contributed by atoms with Gasteiger partial charge in [-0.15, -0.1) is 24.8 Å². The maximum absolute atomic E-state index is 2.51. The van der Waals surface area contributed by atoms with E-state index in [9.17, 15) is 0 Å². The van der Waals surface area contributed by atoms with E-state index in [4.69, 9.17) is 0 Å². The van der Waals surface area contributed by atoms with E-state index < -0.39 is 21.3 Å². The number of rotatable bonds is 2. The summed E-state index contributed by atoms with van der Waals surface area (Å²) in [5.41, 5.74) is 8.91. The molecule has 0 saturated heterocycles. The zero-order valence-corrected chi connectivity index (χ0v) is 19.9. The number of allylic oxidation sites excluding steroid dienone is 4. The van der Waals surface area contributed by atoms with Crippen LogP contribution < -0.4 is 3.27 Å². The summed E-state index contributed by atoms with van der Waals surface area (Å²) < 4.78 is 5.14. The third-order valence-corrected chi connectivity index (χ3v) is 12.5. The van der Waals surface area contributed by atoms with Crippen LogP contribution in [0.5, 0.6) is 0 Å². The summed E-state index contributed by atoms with van der Waals surface area (Å²) in [4.78, 5) is 0. The van der Waals surface area contributed by atoms with E-state index in [1.54, 1.807) is 15.3 Å². The molecule has 0 spiro atoms. The first-order chi connectivity index (χ1) is 11.5. The molecule has 0 fully saturated rings. The minimum Gasteiger partial charge on any atom is -0.147 e. The second-order valence-electron chi connectivity index (χ2n) is 7.38. The van der Waals surface area contributed by atoms with E-state index in [-0.39, 0.29) is 24.8 Å². The molecule has 0 unspecified atom stereocenters. The predicted octanol–water partition coefficient (Wildman–Crippen LogP) is 6.02. The normalized spacial score (nSPS) is 13.3. The SMILES string of the molecule is C[C](C)=[Zr]([C]1=CC=CC1)[c]1cc(C)cc2c1Cc1ccc(C)cc1-2.Cl.Cl. The molecule has 2 aliphatic carbocycles. The molecule has 0 aromatic heterocycles. The van der Waals surface area contributed by atoms with Crippen LogP contribution in [0.2, 0.25) is 0 Å². The molecule has 3 heteroatoms. The van der Waals surface area contributed by atoms with Gasteiger partial charge in [-0.05, 0) is 0 Å². The Hall–Kier alpha value is -0.747. The first kappa shape index (κ1) is 21.6. The fourth-order valence-corrected chi connectivity index (χ4v) is 11.5. The monoisotopic (exact) mass is 462 g/mol. The fourth-order valence-electron chi connectivity index (χ4n) is 4.15. The van der Waals surface area contributed by atoms with Gasteiger partial charge >= 0.3 is 154 Å². The molecule has 0 bridgehead atoms. The molecule has 136 valence electrons. The molecule has 4 rings (SSSR count). The van der Waals surface area contributed by atoms with Gasteiger partial charge in [0.15, 0.2) is 0 Å². The smallest absolute Gasteiger partial charge is 0.147 e. The average molecular weight is 465 g/mol. The molecule has 26 heavy (non-hydrogen) atoms. The average Bonchev–Trinajstić information content (AvgIpc) is 3.15. The van der Waals surface area contributed by atoms with E-state index in [0.717, 1.165) is 6.42 Å². The topological polar surface area (TPSA) is 0 Å². The van der Waals surface area contributed by atoms with Crippen LogP contribution >= 0.6 is 24.8 Å². The van der Waals surface area contributed by atoms with Crippen molar-refractivity contribution in [1.82, 2.24) is 0 Å². The van der Waals surface area contributed by atoms with Crippen LogP contribution in [0.3, 0.4) is 0 Å². The third-order valence-electron chi connectivity index (χ3n) is 5.18. The van der Waals surface area contributed by atoms with Gasteiger partial charge in [-0.3, -0.25) is 0 Å². The molecular weight excluding hydrogens is 438 g/mol. The van der Waals surface area contributed by atoms with Crippen molar-refractivity contribution < 1.29 is 21.3 Å². The number of aryl methyl sites for hydroxylation is 2. The minimum atomic E-state index is -1.91. The van der Waals surface area contributed by atoms with Crippen molar-refractivity contribution in [3.05, 3.63) is 74.1 Å². The third kappa shape index (κ3) is 3.77. The Morgan fingerprint density at radius 1 is 0.923 bits per heavy atom. The Labute approximate surface area is 177 Å². The maximum atomic E-state index is 2.51. The van der Waals surface area contributed by atoms with Crippen LogP contribution in [0.1, 0.15) is 42.5 Å². The summed E-state index contributed by atoms with van der Waals surface area (Å²) >= 11 is -1.91. The molecular formula is C23H26Cl2Zr. The molecule has 2 aromatic carbocycles. The van der Waals surface area contributed by atoms with Gasteiger partial charge in [0.25, 0.3) is 0 Å². The fraction of sp³-hybridized carbons (Fsp3) is 0.261.